The zero-order valence-electron chi connectivity index (χ0n) is 27.6. The van der Waals surface area contributed by atoms with Crippen LogP contribution in [0.4, 0.5) is 11.6 Å². The van der Waals surface area contributed by atoms with Gasteiger partial charge in [0.05, 0.1) is 50.9 Å². The SMILES string of the molecule is N#CC1=CCCC(C(=O)NCCOCCOCCNC(=O)CC[C@H](NC(=O)c2ccc(NCc3cnc4nc(N)[nH]c(=O)c4n3)cc2)C(=O)O)=C1. The molecule has 0 saturated heterocycles. The summed E-state index contributed by atoms with van der Waals surface area (Å²) in [5, 5.41) is 29.5. The van der Waals surface area contributed by atoms with Crippen molar-refractivity contribution in [3.63, 3.8) is 0 Å². The number of nitriles is 1. The zero-order valence-corrected chi connectivity index (χ0v) is 27.6. The molecule has 0 bridgehead atoms. The molecule has 18 nitrogen and oxygen atoms in total. The maximum Gasteiger partial charge on any atom is 0.326 e. The Morgan fingerprint density at radius 3 is 2.45 bits per heavy atom. The van der Waals surface area contributed by atoms with Crippen LogP contribution in [0.3, 0.4) is 0 Å². The van der Waals surface area contributed by atoms with Crippen molar-refractivity contribution in [1.29, 1.82) is 5.26 Å². The molecule has 0 fully saturated rings. The summed E-state index contributed by atoms with van der Waals surface area (Å²) in [5.74, 6) is -2.57. The number of allylic oxidation sites excluding steroid dienone is 3. The first kappa shape index (κ1) is 37.6. The summed E-state index contributed by atoms with van der Waals surface area (Å²) in [5.41, 5.74) is 7.55. The second-order valence-electron chi connectivity index (χ2n) is 11.1. The molecule has 1 aliphatic rings. The van der Waals surface area contributed by atoms with Crippen LogP contribution in [0.15, 0.2) is 58.6 Å². The molecule has 1 aliphatic carbocycles. The second-order valence-corrected chi connectivity index (χ2v) is 11.1. The average Bonchev–Trinajstić information content (AvgIpc) is 3.13. The molecule has 0 saturated carbocycles. The molecule has 0 radical (unpaired) electrons. The Morgan fingerprint density at radius 2 is 1.75 bits per heavy atom. The molecular weight excluding hydrogens is 664 g/mol. The van der Waals surface area contributed by atoms with Gasteiger partial charge >= 0.3 is 5.97 Å². The minimum Gasteiger partial charge on any atom is -0.480 e. The highest BCUT2D eigenvalue weighted by atomic mass is 16.5. The largest absolute Gasteiger partial charge is 0.480 e. The number of nitrogens with zero attached hydrogens (tertiary/aromatic N) is 4. The normalized spacial score (nSPS) is 12.9. The van der Waals surface area contributed by atoms with Gasteiger partial charge in [-0.3, -0.25) is 24.2 Å². The summed E-state index contributed by atoms with van der Waals surface area (Å²) in [7, 11) is 0. The Hall–Kier alpha value is -6.19. The standard InChI is InChI=1S/C33H38N10O8/c34-17-20-2-1-3-22(16-20)29(45)37-11-13-51-15-14-50-12-10-36-26(44)9-8-25(32(48)49)41-30(46)21-4-6-23(7-5-21)38-18-24-19-39-28-27(40-24)31(47)43-33(35)42-28/h2,4-7,16,19,25,38H,1,3,8-15,18H2,(H,36,44)(H,37,45)(H,41,46)(H,48,49)(H3,35,39,42,43,47)/t25-/m0/s1. The molecule has 8 N–H and O–H groups in total. The molecule has 0 aliphatic heterocycles. The molecule has 2 aromatic heterocycles. The summed E-state index contributed by atoms with van der Waals surface area (Å²) >= 11 is 0. The number of nitrogen functional groups attached to an aromatic ring is 1. The van der Waals surface area contributed by atoms with Gasteiger partial charge in [0.15, 0.2) is 11.2 Å². The third kappa shape index (κ3) is 12.0. The van der Waals surface area contributed by atoms with Crippen LogP contribution in [0.25, 0.3) is 11.2 Å². The number of rotatable bonds is 19. The smallest absolute Gasteiger partial charge is 0.326 e. The van der Waals surface area contributed by atoms with E-state index in [1.165, 1.54) is 18.3 Å². The van der Waals surface area contributed by atoms with Crippen LogP contribution in [-0.4, -0.2) is 94.3 Å². The molecule has 1 aromatic carbocycles. The lowest BCUT2D eigenvalue weighted by atomic mass is 9.99. The van der Waals surface area contributed by atoms with E-state index < -0.39 is 29.4 Å². The Kier molecular flexibility index (Phi) is 14.1. The Bertz CT molecular complexity index is 1880. The van der Waals surface area contributed by atoms with Gasteiger partial charge in [0, 0.05) is 41.9 Å². The first-order valence-corrected chi connectivity index (χ1v) is 16.0. The van der Waals surface area contributed by atoms with Crippen LogP contribution in [0.5, 0.6) is 0 Å². The number of fused-ring (bicyclic) bond motifs is 1. The van der Waals surface area contributed by atoms with Gasteiger partial charge in [0.1, 0.15) is 6.04 Å². The maximum absolute atomic E-state index is 12.7. The summed E-state index contributed by atoms with van der Waals surface area (Å²) in [6.07, 6.45) is 5.83. The van der Waals surface area contributed by atoms with E-state index in [2.05, 4.69) is 41.2 Å². The number of H-pyrrole nitrogens is 1. The van der Waals surface area contributed by atoms with E-state index in [-0.39, 0.29) is 80.9 Å². The highest BCUT2D eigenvalue weighted by molar-refractivity contribution is 5.97. The highest BCUT2D eigenvalue weighted by Crippen LogP contribution is 2.17. The number of nitrogens with two attached hydrogens (primary N) is 1. The van der Waals surface area contributed by atoms with E-state index in [1.807, 2.05) is 6.07 Å². The van der Waals surface area contributed by atoms with Crippen molar-refractivity contribution in [2.75, 3.05) is 50.6 Å². The molecule has 18 heteroatoms. The van der Waals surface area contributed by atoms with Crippen molar-refractivity contribution < 1.29 is 33.8 Å². The van der Waals surface area contributed by atoms with Crippen LogP contribution in [0.1, 0.15) is 41.7 Å². The first-order chi connectivity index (χ1) is 24.6. The fourth-order valence-corrected chi connectivity index (χ4v) is 4.74. The number of hydrogen-bond donors (Lipinski definition) is 7. The number of ether oxygens (including phenoxy) is 2. The molecule has 51 heavy (non-hydrogen) atoms. The summed E-state index contributed by atoms with van der Waals surface area (Å²) < 4.78 is 10.8. The minimum absolute atomic E-state index is 0.0497. The van der Waals surface area contributed by atoms with Crippen molar-refractivity contribution in [3.05, 3.63) is 75.4 Å². The number of aromatic nitrogens is 4. The Balaban J connectivity index is 1.07. The topological polar surface area (TPSA) is 276 Å². The number of anilines is 2. The van der Waals surface area contributed by atoms with Gasteiger partial charge in [-0.1, -0.05) is 6.08 Å². The summed E-state index contributed by atoms with van der Waals surface area (Å²) in [4.78, 5) is 75.6. The maximum atomic E-state index is 12.7. The van der Waals surface area contributed by atoms with Crippen molar-refractivity contribution >= 4 is 46.5 Å². The number of benzene rings is 1. The zero-order chi connectivity index (χ0) is 36.6. The van der Waals surface area contributed by atoms with Gasteiger partial charge in [0.25, 0.3) is 11.5 Å². The monoisotopic (exact) mass is 702 g/mol. The molecule has 0 unspecified atom stereocenters. The van der Waals surface area contributed by atoms with Crippen LogP contribution >= 0.6 is 0 Å². The fourth-order valence-electron chi connectivity index (χ4n) is 4.74. The fraction of sp³-hybridized carbons (Fsp3) is 0.364. The van der Waals surface area contributed by atoms with Crippen molar-refractivity contribution in [3.8, 4) is 6.07 Å². The van der Waals surface area contributed by atoms with Crippen LogP contribution < -0.4 is 32.6 Å². The van der Waals surface area contributed by atoms with Gasteiger partial charge in [-0.05, 0) is 49.6 Å². The molecule has 2 heterocycles. The van der Waals surface area contributed by atoms with Crippen LogP contribution in [-0.2, 0) is 30.4 Å². The van der Waals surface area contributed by atoms with Crippen molar-refractivity contribution in [2.24, 2.45) is 0 Å². The summed E-state index contributed by atoms with van der Waals surface area (Å²) in [6, 6.07) is 7.01. The molecule has 3 amide bonds. The number of hydrogen-bond acceptors (Lipinski definition) is 13. The third-order valence-corrected chi connectivity index (χ3v) is 7.37. The number of amides is 3. The number of carboxylic acid groups (broad SMARTS) is 1. The third-order valence-electron chi connectivity index (χ3n) is 7.37. The predicted octanol–water partition coefficient (Wildman–Crippen LogP) is 0.306. The number of carbonyl (C=O) groups excluding carboxylic acids is 3. The van der Waals surface area contributed by atoms with E-state index >= 15 is 0 Å². The number of carbonyl (C=O) groups is 4. The van der Waals surface area contributed by atoms with Crippen LogP contribution in [0, 0.1) is 11.3 Å². The quantitative estimate of drug-likeness (QED) is 0.0828. The molecule has 3 aromatic rings. The Labute approximate surface area is 291 Å². The molecule has 0 spiro atoms. The predicted molar refractivity (Wildman–Crippen MR) is 183 cm³/mol. The molecular formula is C33H38N10O8. The molecule has 1 atom stereocenters. The van der Waals surface area contributed by atoms with Gasteiger partial charge < -0.3 is 41.6 Å². The first-order valence-electron chi connectivity index (χ1n) is 16.0. The van der Waals surface area contributed by atoms with E-state index in [0.717, 1.165) is 0 Å². The molecule has 268 valence electrons. The van der Waals surface area contributed by atoms with Crippen molar-refractivity contribution in [2.45, 2.75) is 38.3 Å². The molecule has 4 rings (SSSR count). The number of aliphatic carboxylic acids is 1. The van der Waals surface area contributed by atoms with E-state index in [0.29, 0.717) is 41.9 Å². The summed E-state index contributed by atoms with van der Waals surface area (Å²) in [6.45, 7) is 1.77. The number of aromatic amines is 1. The van der Waals surface area contributed by atoms with Gasteiger partial charge in [-0.25, -0.2) is 14.8 Å². The van der Waals surface area contributed by atoms with Gasteiger partial charge in [0.2, 0.25) is 17.8 Å². The second kappa shape index (κ2) is 19.1. The number of nitrogens with one attached hydrogen (secondary N) is 5. The van der Waals surface area contributed by atoms with E-state index in [1.54, 1.807) is 24.3 Å². The minimum atomic E-state index is -1.29. The average molecular weight is 703 g/mol. The van der Waals surface area contributed by atoms with Crippen LogP contribution in [0.2, 0.25) is 0 Å². The Morgan fingerprint density at radius 1 is 1.02 bits per heavy atom. The van der Waals surface area contributed by atoms with Gasteiger partial charge in [-0.2, -0.15) is 10.2 Å². The van der Waals surface area contributed by atoms with Crippen molar-refractivity contribution in [1.82, 2.24) is 35.9 Å². The van der Waals surface area contributed by atoms with E-state index in [9.17, 15) is 29.1 Å². The highest BCUT2D eigenvalue weighted by Gasteiger charge is 2.22. The lowest BCUT2D eigenvalue weighted by molar-refractivity contribution is -0.139. The number of carboxylic acids is 1. The lowest BCUT2D eigenvalue weighted by Gasteiger charge is -2.15. The van der Waals surface area contributed by atoms with Gasteiger partial charge in [-0.15, -0.1) is 0 Å². The lowest BCUT2D eigenvalue weighted by Crippen LogP contribution is -2.41. The van der Waals surface area contributed by atoms with E-state index in [4.69, 9.17) is 20.5 Å².